The third kappa shape index (κ3) is 4.98. The quantitative estimate of drug-likeness (QED) is 0.415. The van der Waals surface area contributed by atoms with Crippen LogP contribution in [0.15, 0.2) is 54.6 Å². The molecule has 33 heavy (non-hydrogen) atoms. The van der Waals surface area contributed by atoms with E-state index in [0.717, 1.165) is 30.6 Å². The highest BCUT2D eigenvalue weighted by Gasteiger charge is 2.22. The van der Waals surface area contributed by atoms with Crippen LogP contribution in [0.2, 0.25) is 0 Å². The van der Waals surface area contributed by atoms with Crippen molar-refractivity contribution in [3.8, 4) is 0 Å². The predicted molar refractivity (Wildman–Crippen MR) is 129 cm³/mol. The summed E-state index contributed by atoms with van der Waals surface area (Å²) in [5.41, 5.74) is 7.50. The van der Waals surface area contributed by atoms with Gasteiger partial charge in [0.2, 0.25) is 0 Å². The third-order valence-electron chi connectivity index (χ3n) is 6.14. The van der Waals surface area contributed by atoms with Crippen LogP contribution in [-0.2, 0) is 24.2 Å². The van der Waals surface area contributed by atoms with E-state index < -0.39 is 11.8 Å². The van der Waals surface area contributed by atoms with Crippen LogP contribution in [0.3, 0.4) is 0 Å². The fourth-order valence-electron chi connectivity index (χ4n) is 4.39. The van der Waals surface area contributed by atoms with Gasteiger partial charge in [-0.25, -0.2) is 9.24 Å². The number of anilines is 3. The minimum atomic E-state index is -0.936. The number of hydrogen-bond acceptors (Lipinski definition) is 3. The fraction of sp³-hybridized carbons (Fsp3) is 0.259. The van der Waals surface area contributed by atoms with E-state index in [4.69, 9.17) is 11.7 Å². The molecule has 1 heterocycles. The van der Waals surface area contributed by atoms with Crippen LogP contribution in [0.4, 0.5) is 27.1 Å². The molecule has 168 valence electrons. The van der Waals surface area contributed by atoms with Gasteiger partial charge in [0.25, 0.3) is 0 Å². The van der Waals surface area contributed by atoms with Crippen LogP contribution in [-0.4, -0.2) is 17.6 Å². The molecule has 0 amide bonds. The summed E-state index contributed by atoms with van der Waals surface area (Å²) >= 11 is 0. The second-order valence-electron chi connectivity index (χ2n) is 8.30. The Morgan fingerprint density at radius 1 is 1.18 bits per heavy atom. The summed E-state index contributed by atoms with van der Waals surface area (Å²) in [5.74, 6) is -1.33. The maximum atomic E-state index is 14.4. The second-order valence-corrected chi connectivity index (χ2v) is 8.30. The van der Waals surface area contributed by atoms with E-state index in [1.165, 1.54) is 22.9 Å². The molecule has 0 bridgehead atoms. The lowest BCUT2D eigenvalue weighted by atomic mass is 9.94. The Labute approximate surface area is 193 Å². The Balaban J connectivity index is 1.55. The zero-order valence-corrected chi connectivity index (χ0v) is 18.6. The van der Waals surface area contributed by atoms with Gasteiger partial charge in [0.05, 0.1) is 6.57 Å². The fourth-order valence-corrected chi connectivity index (χ4v) is 4.39. The first-order valence-electron chi connectivity index (χ1n) is 11.1. The summed E-state index contributed by atoms with van der Waals surface area (Å²) in [7, 11) is 0. The van der Waals surface area contributed by atoms with Gasteiger partial charge >= 0.3 is 5.97 Å². The summed E-state index contributed by atoms with van der Waals surface area (Å²) in [6.45, 7) is 10.9. The molecule has 0 saturated heterocycles. The lowest BCUT2D eigenvalue weighted by Gasteiger charge is -2.34. The van der Waals surface area contributed by atoms with Crippen LogP contribution in [0.25, 0.3) is 4.85 Å². The number of carbonyl (C=O) groups is 1. The van der Waals surface area contributed by atoms with Crippen molar-refractivity contribution in [2.75, 3.05) is 16.8 Å². The first kappa shape index (κ1) is 22.3. The van der Waals surface area contributed by atoms with Gasteiger partial charge in [-0.1, -0.05) is 30.3 Å². The van der Waals surface area contributed by atoms with Crippen molar-refractivity contribution in [2.45, 2.75) is 39.2 Å². The van der Waals surface area contributed by atoms with Crippen molar-refractivity contribution < 1.29 is 14.3 Å². The van der Waals surface area contributed by atoms with E-state index in [-0.39, 0.29) is 12.8 Å². The normalized spacial score (nSPS) is 12.7. The molecular formula is C27H26FN3O2. The molecule has 0 radical (unpaired) electrons. The average Bonchev–Trinajstić information content (AvgIpc) is 2.82. The highest BCUT2D eigenvalue weighted by atomic mass is 19.1. The summed E-state index contributed by atoms with van der Waals surface area (Å²) in [4.78, 5) is 16.6. The zero-order chi connectivity index (χ0) is 23.4. The Morgan fingerprint density at radius 2 is 2.00 bits per heavy atom. The molecule has 3 aromatic carbocycles. The Hall–Kier alpha value is -3.85. The van der Waals surface area contributed by atoms with Crippen LogP contribution in [0.5, 0.6) is 0 Å². The maximum absolute atomic E-state index is 14.4. The van der Waals surface area contributed by atoms with Crippen molar-refractivity contribution >= 4 is 28.7 Å². The van der Waals surface area contributed by atoms with Gasteiger partial charge in [-0.15, -0.1) is 0 Å². The highest BCUT2D eigenvalue weighted by molar-refractivity contribution is 5.74. The zero-order valence-electron chi connectivity index (χ0n) is 18.6. The minimum Gasteiger partial charge on any atom is -0.481 e. The Morgan fingerprint density at radius 3 is 2.76 bits per heavy atom. The van der Waals surface area contributed by atoms with Gasteiger partial charge in [0.1, 0.15) is 5.82 Å². The largest absolute Gasteiger partial charge is 0.481 e. The first-order chi connectivity index (χ1) is 16.0. The molecule has 0 aromatic heterocycles. The third-order valence-corrected chi connectivity index (χ3v) is 6.14. The van der Waals surface area contributed by atoms with Crippen molar-refractivity contribution in [3.05, 3.63) is 94.1 Å². The molecule has 2 N–H and O–H groups in total. The van der Waals surface area contributed by atoms with Crippen LogP contribution in [0, 0.1) is 19.3 Å². The maximum Gasteiger partial charge on any atom is 0.303 e. The molecule has 0 atom stereocenters. The smallest absolute Gasteiger partial charge is 0.303 e. The number of nitrogens with zero attached hydrogens (tertiary/aromatic N) is 2. The van der Waals surface area contributed by atoms with Crippen molar-refractivity contribution in [3.63, 3.8) is 0 Å². The van der Waals surface area contributed by atoms with Gasteiger partial charge in [0.15, 0.2) is 5.69 Å². The molecular weight excluding hydrogens is 417 g/mol. The van der Waals surface area contributed by atoms with Gasteiger partial charge in [-0.05, 0) is 72.7 Å². The number of carboxylic acids is 1. The number of aryl methyl sites for hydroxylation is 2. The van der Waals surface area contributed by atoms with Gasteiger partial charge in [-0.3, -0.25) is 4.79 Å². The van der Waals surface area contributed by atoms with E-state index in [1.807, 2.05) is 24.3 Å². The molecule has 4 rings (SSSR count). The number of aliphatic carboxylic acids is 1. The SMILES string of the molecule is [C-]#[N+]c1cccc(N2CCCc3ccc(CNc4ccc(CCC(=O)O)c(F)c4)c(C)c32)c1. The highest BCUT2D eigenvalue weighted by Crippen LogP contribution is 2.38. The van der Waals surface area contributed by atoms with Crippen LogP contribution >= 0.6 is 0 Å². The molecule has 0 unspecified atom stereocenters. The number of hydrogen-bond donors (Lipinski definition) is 2. The van der Waals surface area contributed by atoms with Gasteiger partial charge in [-0.2, -0.15) is 0 Å². The summed E-state index contributed by atoms with van der Waals surface area (Å²) in [5, 5.41) is 12.1. The van der Waals surface area contributed by atoms with Crippen molar-refractivity contribution in [2.24, 2.45) is 0 Å². The van der Waals surface area contributed by atoms with E-state index in [1.54, 1.807) is 12.1 Å². The van der Waals surface area contributed by atoms with Crippen molar-refractivity contribution in [1.29, 1.82) is 0 Å². The van der Waals surface area contributed by atoms with Crippen LogP contribution in [0.1, 0.15) is 35.1 Å². The Bertz CT molecular complexity index is 1230. The number of fused-ring (bicyclic) bond motifs is 1. The van der Waals surface area contributed by atoms with E-state index in [2.05, 4.69) is 34.1 Å². The summed E-state index contributed by atoms with van der Waals surface area (Å²) in [6.07, 6.45) is 2.16. The molecule has 1 aliphatic heterocycles. The lowest BCUT2D eigenvalue weighted by molar-refractivity contribution is -0.136. The number of nitrogens with one attached hydrogen (secondary N) is 1. The molecule has 1 aliphatic rings. The molecule has 3 aromatic rings. The average molecular weight is 444 g/mol. The lowest BCUT2D eigenvalue weighted by Crippen LogP contribution is -2.26. The molecule has 6 heteroatoms. The standard InChI is InChI=1S/C27H26FN3O2/c1-18-21(17-30-23-12-10-19(25(28)16-23)11-13-26(32)33)9-8-20-5-4-14-31(27(18)20)24-7-3-6-22(15-24)29-2/h3,6-10,12,15-16,30H,4-5,11,13-14,17H2,1H3,(H,32,33). The van der Waals surface area contributed by atoms with E-state index in [0.29, 0.717) is 23.5 Å². The number of halogens is 1. The Kier molecular flexibility index (Phi) is 6.60. The van der Waals surface area contributed by atoms with Crippen LogP contribution < -0.4 is 10.2 Å². The predicted octanol–water partition coefficient (Wildman–Crippen LogP) is 6.40. The second kappa shape index (κ2) is 9.74. The summed E-state index contributed by atoms with van der Waals surface area (Å²) in [6, 6.07) is 16.9. The summed E-state index contributed by atoms with van der Waals surface area (Å²) < 4.78 is 14.4. The number of benzene rings is 3. The van der Waals surface area contributed by atoms with Crippen molar-refractivity contribution in [1.82, 2.24) is 0 Å². The first-order valence-corrected chi connectivity index (χ1v) is 11.1. The van der Waals surface area contributed by atoms with Gasteiger partial charge < -0.3 is 15.3 Å². The molecule has 0 spiro atoms. The minimum absolute atomic E-state index is 0.0900. The van der Waals surface area contributed by atoms with E-state index >= 15 is 0 Å². The van der Waals surface area contributed by atoms with Gasteiger partial charge in [0, 0.05) is 36.6 Å². The molecule has 0 fully saturated rings. The topological polar surface area (TPSA) is 56.9 Å². The monoisotopic (exact) mass is 443 g/mol. The number of carboxylic acid groups (broad SMARTS) is 1. The number of rotatable bonds is 7. The molecule has 0 aliphatic carbocycles. The molecule has 5 nitrogen and oxygen atoms in total. The molecule has 0 saturated carbocycles. The van der Waals surface area contributed by atoms with E-state index in [9.17, 15) is 9.18 Å².